The first-order valence-electron chi connectivity index (χ1n) is 7.99. The number of rotatable bonds is 6. The molecule has 0 saturated heterocycles. The van der Waals surface area contributed by atoms with Crippen molar-refractivity contribution in [2.24, 2.45) is 0 Å². The van der Waals surface area contributed by atoms with Crippen molar-refractivity contribution in [3.8, 4) is 5.75 Å². The molecule has 0 fully saturated rings. The zero-order valence-corrected chi connectivity index (χ0v) is 13.6. The minimum atomic E-state index is 0.510. The summed E-state index contributed by atoms with van der Waals surface area (Å²) in [5, 5.41) is 4.67. The fourth-order valence-electron chi connectivity index (χ4n) is 2.72. The lowest BCUT2D eigenvalue weighted by Crippen LogP contribution is -2.06. The minimum absolute atomic E-state index is 0.510. The number of nitrogens with zero attached hydrogens (tertiary/aromatic N) is 1. The fourth-order valence-corrected chi connectivity index (χ4v) is 2.72. The van der Waals surface area contributed by atoms with E-state index in [2.05, 4.69) is 53.6 Å². The van der Waals surface area contributed by atoms with Crippen LogP contribution in [0.5, 0.6) is 5.75 Å². The second kappa shape index (κ2) is 7.14. The third-order valence-electron chi connectivity index (χ3n) is 4.19. The van der Waals surface area contributed by atoms with E-state index in [1.165, 1.54) is 10.9 Å². The number of fused-ring (bicyclic) bond motifs is 1. The summed E-state index contributed by atoms with van der Waals surface area (Å²) in [4.78, 5) is 4.35. The van der Waals surface area contributed by atoms with Gasteiger partial charge in [0.05, 0.1) is 12.6 Å². The Hall–Kier alpha value is -2.55. The number of hydrogen-bond acceptors (Lipinski definition) is 3. The second-order valence-electron chi connectivity index (χ2n) is 5.80. The van der Waals surface area contributed by atoms with Crippen molar-refractivity contribution in [1.82, 2.24) is 4.98 Å². The number of anilines is 1. The summed E-state index contributed by atoms with van der Waals surface area (Å²) in [7, 11) is 1.70. The first kappa shape index (κ1) is 15.3. The average Bonchev–Trinajstić information content (AvgIpc) is 2.61. The Morgan fingerprint density at radius 3 is 2.70 bits per heavy atom. The Morgan fingerprint density at radius 2 is 1.91 bits per heavy atom. The van der Waals surface area contributed by atoms with Crippen molar-refractivity contribution in [3.63, 3.8) is 0 Å². The zero-order chi connectivity index (χ0) is 16.1. The van der Waals surface area contributed by atoms with Crippen LogP contribution in [-0.2, 0) is 0 Å². The van der Waals surface area contributed by atoms with Gasteiger partial charge in [-0.05, 0) is 54.3 Å². The van der Waals surface area contributed by atoms with Gasteiger partial charge in [-0.25, -0.2) is 0 Å². The Bertz CT molecular complexity index is 768. The van der Waals surface area contributed by atoms with Gasteiger partial charge in [-0.2, -0.15) is 0 Å². The van der Waals surface area contributed by atoms with E-state index in [1.54, 1.807) is 7.11 Å². The summed E-state index contributed by atoms with van der Waals surface area (Å²) in [6.45, 7) is 3.20. The summed E-state index contributed by atoms with van der Waals surface area (Å²) in [5.74, 6) is 1.42. The van der Waals surface area contributed by atoms with Gasteiger partial charge in [-0.1, -0.05) is 25.1 Å². The molecule has 118 valence electrons. The van der Waals surface area contributed by atoms with Crippen LogP contribution in [0.15, 0.2) is 60.8 Å². The Morgan fingerprint density at radius 1 is 1.09 bits per heavy atom. The minimum Gasteiger partial charge on any atom is -0.497 e. The highest BCUT2D eigenvalue weighted by molar-refractivity contribution is 5.82. The second-order valence-corrected chi connectivity index (χ2v) is 5.80. The molecule has 0 spiro atoms. The highest BCUT2D eigenvalue weighted by Crippen LogP contribution is 2.22. The highest BCUT2D eigenvalue weighted by Gasteiger charge is 2.05. The van der Waals surface area contributed by atoms with Gasteiger partial charge in [-0.15, -0.1) is 0 Å². The summed E-state index contributed by atoms with van der Waals surface area (Å²) >= 11 is 0. The molecule has 3 nitrogen and oxygen atoms in total. The largest absolute Gasteiger partial charge is 0.497 e. The molecule has 0 aliphatic carbocycles. The van der Waals surface area contributed by atoms with Crippen LogP contribution in [0, 0.1) is 0 Å². The van der Waals surface area contributed by atoms with Crippen LogP contribution in [0.25, 0.3) is 10.9 Å². The molecule has 3 aromatic rings. The average molecular weight is 306 g/mol. The number of pyridine rings is 1. The quantitative estimate of drug-likeness (QED) is 0.707. The van der Waals surface area contributed by atoms with Crippen molar-refractivity contribution in [2.45, 2.75) is 19.3 Å². The number of aromatic nitrogens is 1. The Labute approximate surface area is 137 Å². The van der Waals surface area contributed by atoms with Crippen LogP contribution >= 0.6 is 0 Å². The highest BCUT2D eigenvalue weighted by atomic mass is 16.5. The maximum atomic E-state index is 5.21. The number of nitrogens with one attached hydrogen (secondary N) is 1. The van der Waals surface area contributed by atoms with E-state index in [-0.39, 0.29) is 0 Å². The molecule has 0 bridgehead atoms. The van der Waals surface area contributed by atoms with E-state index in [4.69, 9.17) is 4.74 Å². The van der Waals surface area contributed by atoms with Crippen molar-refractivity contribution in [3.05, 3.63) is 66.4 Å². The van der Waals surface area contributed by atoms with Crippen LogP contribution in [0.2, 0.25) is 0 Å². The third kappa shape index (κ3) is 3.81. The van der Waals surface area contributed by atoms with Gasteiger partial charge in [0, 0.05) is 23.8 Å². The molecular weight excluding hydrogens is 284 g/mol. The van der Waals surface area contributed by atoms with Gasteiger partial charge in [0.25, 0.3) is 0 Å². The van der Waals surface area contributed by atoms with Crippen molar-refractivity contribution < 1.29 is 4.74 Å². The lowest BCUT2D eigenvalue weighted by atomic mass is 9.98. The van der Waals surface area contributed by atoms with Crippen LogP contribution < -0.4 is 10.1 Å². The lowest BCUT2D eigenvalue weighted by Gasteiger charge is -2.14. The Balaban J connectivity index is 1.56. The molecule has 1 atom stereocenters. The normalized spacial score (nSPS) is 12.1. The molecular formula is C20H22N2O. The van der Waals surface area contributed by atoms with E-state index >= 15 is 0 Å². The summed E-state index contributed by atoms with van der Waals surface area (Å²) in [6.07, 6.45) is 2.91. The molecule has 3 rings (SSSR count). The number of methoxy groups -OCH3 is 1. The predicted octanol–water partition coefficient (Wildman–Crippen LogP) is 4.85. The van der Waals surface area contributed by atoms with Crippen molar-refractivity contribution >= 4 is 16.6 Å². The van der Waals surface area contributed by atoms with Gasteiger partial charge >= 0.3 is 0 Å². The van der Waals surface area contributed by atoms with Crippen LogP contribution in [-0.4, -0.2) is 18.6 Å². The van der Waals surface area contributed by atoms with Crippen LogP contribution in [0.4, 0.5) is 5.69 Å². The maximum Gasteiger partial charge on any atom is 0.118 e. The van der Waals surface area contributed by atoms with E-state index in [9.17, 15) is 0 Å². The molecule has 1 unspecified atom stereocenters. The molecule has 0 aliphatic heterocycles. The van der Waals surface area contributed by atoms with E-state index in [0.717, 1.165) is 29.9 Å². The summed E-state index contributed by atoms with van der Waals surface area (Å²) in [5.41, 5.74) is 3.52. The molecule has 0 amide bonds. The molecule has 0 radical (unpaired) electrons. The van der Waals surface area contributed by atoms with E-state index < -0.39 is 0 Å². The summed E-state index contributed by atoms with van der Waals surface area (Å²) in [6, 6.07) is 18.7. The molecule has 1 aromatic heterocycles. The first-order valence-corrected chi connectivity index (χ1v) is 7.99. The van der Waals surface area contributed by atoms with Gasteiger partial charge in [-0.3, -0.25) is 4.98 Å². The van der Waals surface area contributed by atoms with Crippen LogP contribution in [0.3, 0.4) is 0 Å². The lowest BCUT2D eigenvalue weighted by molar-refractivity contribution is 0.414. The SMILES string of the molecule is COc1ccc(C(C)CCNc2ccc3ncccc3c2)cc1. The molecule has 23 heavy (non-hydrogen) atoms. The maximum absolute atomic E-state index is 5.21. The van der Waals surface area contributed by atoms with Crippen molar-refractivity contribution in [2.75, 3.05) is 19.0 Å². The number of ether oxygens (including phenoxy) is 1. The number of hydrogen-bond donors (Lipinski definition) is 1. The molecule has 3 heteroatoms. The van der Waals surface area contributed by atoms with Crippen molar-refractivity contribution in [1.29, 1.82) is 0 Å². The Kier molecular flexibility index (Phi) is 4.77. The molecule has 1 heterocycles. The number of benzene rings is 2. The zero-order valence-electron chi connectivity index (χ0n) is 13.6. The molecule has 0 saturated carbocycles. The molecule has 0 aliphatic rings. The first-order chi connectivity index (χ1) is 11.3. The van der Waals surface area contributed by atoms with Gasteiger partial charge in [0.1, 0.15) is 5.75 Å². The van der Waals surface area contributed by atoms with Gasteiger partial charge < -0.3 is 10.1 Å². The van der Waals surface area contributed by atoms with E-state index in [1.807, 2.05) is 24.4 Å². The smallest absolute Gasteiger partial charge is 0.118 e. The molecule has 2 aromatic carbocycles. The fraction of sp³-hybridized carbons (Fsp3) is 0.250. The van der Waals surface area contributed by atoms with E-state index in [0.29, 0.717) is 5.92 Å². The van der Waals surface area contributed by atoms with Gasteiger partial charge in [0.15, 0.2) is 0 Å². The standard InChI is InChI=1S/C20H22N2O/c1-15(16-5-8-19(23-2)9-6-16)11-13-21-18-7-10-20-17(14-18)4-3-12-22-20/h3-10,12,14-15,21H,11,13H2,1-2H3. The topological polar surface area (TPSA) is 34.1 Å². The summed E-state index contributed by atoms with van der Waals surface area (Å²) < 4.78 is 5.21. The molecule has 1 N–H and O–H groups in total. The van der Waals surface area contributed by atoms with Gasteiger partial charge in [0.2, 0.25) is 0 Å². The monoisotopic (exact) mass is 306 g/mol. The predicted molar refractivity (Wildman–Crippen MR) is 96.3 cm³/mol. The van der Waals surface area contributed by atoms with Crippen LogP contribution in [0.1, 0.15) is 24.8 Å². The third-order valence-corrected chi connectivity index (χ3v) is 4.19.